The minimum Gasteiger partial charge on any atom is -0.354 e. The molecule has 17 heavy (non-hydrogen) atoms. The second-order valence-electron chi connectivity index (χ2n) is 5.24. The van der Waals surface area contributed by atoms with E-state index in [1.807, 2.05) is 20.8 Å². The zero-order valence-corrected chi connectivity index (χ0v) is 11.1. The third kappa shape index (κ3) is 4.17. The van der Waals surface area contributed by atoms with E-state index in [-0.39, 0.29) is 11.0 Å². The van der Waals surface area contributed by atoms with E-state index >= 15 is 0 Å². The van der Waals surface area contributed by atoms with E-state index in [1.165, 1.54) is 12.8 Å². The second kappa shape index (κ2) is 5.80. The fourth-order valence-electron chi connectivity index (χ4n) is 1.49. The van der Waals surface area contributed by atoms with E-state index in [2.05, 4.69) is 27.4 Å². The van der Waals surface area contributed by atoms with Crippen LogP contribution in [0.3, 0.4) is 0 Å². The monoisotopic (exact) mass is 238 g/mol. The first-order valence-corrected chi connectivity index (χ1v) is 6.16. The molecule has 0 saturated heterocycles. The van der Waals surface area contributed by atoms with Crippen LogP contribution in [0.15, 0.2) is 4.79 Å². The number of hydrogen-bond donors (Lipinski definition) is 2. The van der Waals surface area contributed by atoms with E-state index in [9.17, 15) is 4.79 Å². The highest BCUT2D eigenvalue weighted by molar-refractivity contribution is 5.22. The number of rotatable bonds is 5. The summed E-state index contributed by atoms with van der Waals surface area (Å²) in [6.07, 6.45) is 3.42. The molecule has 0 fully saturated rings. The molecule has 1 aromatic heterocycles. The summed E-state index contributed by atoms with van der Waals surface area (Å²) in [5.41, 5.74) is 0.0310. The van der Waals surface area contributed by atoms with E-state index in [1.54, 1.807) is 0 Å². The van der Waals surface area contributed by atoms with Crippen molar-refractivity contribution < 1.29 is 0 Å². The number of nitrogens with zero attached hydrogens (tertiary/aromatic N) is 2. The molecule has 2 N–H and O–H groups in total. The smallest absolute Gasteiger partial charge is 0.274 e. The van der Waals surface area contributed by atoms with Gasteiger partial charge in [0.1, 0.15) is 5.69 Å². The molecule has 5 nitrogen and oxygen atoms in total. The van der Waals surface area contributed by atoms with Crippen LogP contribution in [0.5, 0.6) is 0 Å². The molecule has 0 aliphatic carbocycles. The molecule has 0 spiro atoms. The molecule has 0 aromatic carbocycles. The summed E-state index contributed by atoms with van der Waals surface area (Å²) in [5, 5.41) is 11.0. The summed E-state index contributed by atoms with van der Waals surface area (Å²) in [5.74, 6) is 0.458. The summed E-state index contributed by atoms with van der Waals surface area (Å²) in [7, 11) is 0. The minimum absolute atomic E-state index is 0.162. The van der Waals surface area contributed by atoms with Gasteiger partial charge in [-0.2, -0.15) is 0 Å². The van der Waals surface area contributed by atoms with Crippen LogP contribution in [0.25, 0.3) is 0 Å². The molecule has 0 atom stereocenters. The van der Waals surface area contributed by atoms with Gasteiger partial charge in [0.2, 0.25) is 5.95 Å². The Morgan fingerprint density at radius 2 is 1.94 bits per heavy atom. The summed E-state index contributed by atoms with van der Waals surface area (Å²) < 4.78 is 0. The van der Waals surface area contributed by atoms with E-state index in [0.717, 1.165) is 13.0 Å². The molecular formula is C12H22N4O. The molecular weight excluding hydrogens is 216 g/mol. The number of H-pyrrole nitrogens is 1. The highest BCUT2D eigenvalue weighted by Gasteiger charge is 2.20. The van der Waals surface area contributed by atoms with Crippen LogP contribution < -0.4 is 10.9 Å². The predicted molar refractivity (Wildman–Crippen MR) is 69.4 cm³/mol. The largest absolute Gasteiger partial charge is 0.354 e. The van der Waals surface area contributed by atoms with E-state index < -0.39 is 0 Å². The highest BCUT2D eigenvalue weighted by Crippen LogP contribution is 2.15. The summed E-state index contributed by atoms with van der Waals surface area (Å²) in [6, 6.07) is 0. The average molecular weight is 238 g/mol. The molecule has 1 heterocycles. The number of unbranched alkanes of at least 4 members (excludes halogenated alkanes) is 2. The maximum Gasteiger partial charge on any atom is 0.274 e. The Labute approximate surface area is 102 Å². The van der Waals surface area contributed by atoms with Crippen LogP contribution in [-0.2, 0) is 5.41 Å². The molecule has 0 radical (unpaired) electrons. The van der Waals surface area contributed by atoms with Gasteiger partial charge >= 0.3 is 0 Å². The molecule has 0 saturated carbocycles. The Hall–Kier alpha value is -1.39. The van der Waals surface area contributed by atoms with Gasteiger partial charge in [0.25, 0.3) is 5.56 Å². The maximum atomic E-state index is 11.8. The highest BCUT2D eigenvalue weighted by atomic mass is 16.1. The van der Waals surface area contributed by atoms with Crippen LogP contribution >= 0.6 is 0 Å². The standard InChI is InChI=1S/C12H22N4O/c1-5-6-7-8-13-11-14-10(17)9(15-16-11)12(2,3)4/h5-8H2,1-4H3,(H2,13,14,16,17). The maximum absolute atomic E-state index is 11.8. The van der Waals surface area contributed by atoms with Gasteiger partial charge in [0, 0.05) is 12.0 Å². The Morgan fingerprint density at radius 3 is 2.47 bits per heavy atom. The lowest BCUT2D eigenvalue weighted by Crippen LogP contribution is -2.28. The normalized spacial score (nSPS) is 11.5. The Morgan fingerprint density at radius 1 is 1.24 bits per heavy atom. The van der Waals surface area contributed by atoms with Gasteiger partial charge in [-0.05, 0) is 6.42 Å². The quantitative estimate of drug-likeness (QED) is 0.770. The number of aromatic nitrogens is 3. The van der Waals surface area contributed by atoms with Crippen LogP contribution in [0.4, 0.5) is 5.95 Å². The SMILES string of the molecule is CCCCCNc1nnc(C(C)(C)C)c(=O)[nH]1. The number of anilines is 1. The van der Waals surface area contributed by atoms with E-state index in [0.29, 0.717) is 11.6 Å². The van der Waals surface area contributed by atoms with Crippen molar-refractivity contribution in [2.75, 3.05) is 11.9 Å². The summed E-state index contributed by atoms with van der Waals surface area (Å²) in [6.45, 7) is 8.80. The van der Waals surface area contributed by atoms with Gasteiger partial charge in [-0.1, -0.05) is 40.5 Å². The zero-order chi connectivity index (χ0) is 12.9. The zero-order valence-electron chi connectivity index (χ0n) is 11.1. The van der Waals surface area contributed by atoms with Crippen LogP contribution in [0, 0.1) is 0 Å². The van der Waals surface area contributed by atoms with Crippen molar-refractivity contribution in [3.05, 3.63) is 16.0 Å². The Balaban J connectivity index is 2.67. The van der Waals surface area contributed by atoms with Gasteiger partial charge in [0.15, 0.2) is 0 Å². The Kier molecular flexibility index (Phi) is 4.66. The molecule has 0 bridgehead atoms. The lowest BCUT2D eigenvalue weighted by molar-refractivity contribution is 0.546. The van der Waals surface area contributed by atoms with Crippen LogP contribution in [0.2, 0.25) is 0 Å². The molecule has 1 aromatic rings. The average Bonchev–Trinajstić information content (AvgIpc) is 2.23. The molecule has 0 aliphatic heterocycles. The van der Waals surface area contributed by atoms with Crippen molar-refractivity contribution in [3.63, 3.8) is 0 Å². The van der Waals surface area contributed by atoms with Crippen LogP contribution in [-0.4, -0.2) is 21.7 Å². The van der Waals surface area contributed by atoms with Gasteiger partial charge < -0.3 is 5.32 Å². The summed E-state index contributed by atoms with van der Waals surface area (Å²) >= 11 is 0. The van der Waals surface area contributed by atoms with Crippen molar-refractivity contribution in [2.45, 2.75) is 52.4 Å². The van der Waals surface area contributed by atoms with Gasteiger partial charge in [-0.15, -0.1) is 10.2 Å². The minimum atomic E-state index is -0.276. The molecule has 0 unspecified atom stereocenters. The first-order valence-electron chi connectivity index (χ1n) is 6.16. The van der Waals surface area contributed by atoms with E-state index in [4.69, 9.17) is 0 Å². The van der Waals surface area contributed by atoms with Crippen molar-refractivity contribution in [1.29, 1.82) is 0 Å². The molecule has 1 rings (SSSR count). The molecule has 0 amide bonds. The number of hydrogen-bond acceptors (Lipinski definition) is 4. The van der Waals surface area contributed by atoms with Gasteiger partial charge in [-0.3, -0.25) is 9.78 Å². The third-order valence-electron chi connectivity index (χ3n) is 2.48. The Bertz CT molecular complexity index is 406. The van der Waals surface area contributed by atoms with Crippen LogP contribution in [0.1, 0.15) is 52.7 Å². The predicted octanol–water partition coefficient (Wildman–Crippen LogP) is 2.06. The fourth-order valence-corrected chi connectivity index (χ4v) is 1.49. The van der Waals surface area contributed by atoms with Crippen molar-refractivity contribution >= 4 is 5.95 Å². The first-order chi connectivity index (χ1) is 7.95. The summed E-state index contributed by atoms with van der Waals surface area (Å²) in [4.78, 5) is 14.5. The van der Waals surface area contributed by atoms with Gasteiger partial charge in [-0.25, -0.2) is 0 Å². The molecule has 96 valence electrons. The first kappa shape index (κ1) is 13.7. The lowest BCUT2D eigenvalue weighted by Gasteiger charge is -2.15. The number of aromatic amines is 1. The second-order valence-corrected chi connectivity index (χ2v) is 5.24. The third-order valence-corrected chi connectivity index (χ3v) is 2.48. The van der Waals surface area contributed by atoms with Crippen molar-refractivity contribution in [1.82, 2.24) is 15.2 Å². The fraction of sp³-hybridized carbons (Fsp3) is 0.750. The van der Waals surface area contributed by atoms with Gasteiger partial charge in [0.05, 0.1) is 0 Å². The van der Waals surface area contributed by atoms with Crippen molar-refractivity contribution in [2.24, 2.45) is 0 Å². The molecule has 5 heteroatoms. The van der Waals surface area contributed by atoms with Crippen molar-refractivity contribution in [3.8, 4) is 0 Å². The number of nitrogens with one attached hydrogen (secondary N) is 2. The lowest BCUT2D eigenvalue weighted by atomic mass is 9.93. The molecule has 0 aliphatic rings. The topological polar surface area (TPSA) is 70.7 Å².